The van der Waals surface area contributed by atoms with Gasteiger partial charge in [-0.15, -0.1) is 0 Å². The number of unbranched alkanes of at least 4 members (excludes halogenated alkanes) is 1. The van der Waals surface area contributed by atoms with Gasteiger partial charge in [0.1, 0.15) is 28.8 Å². The molecule has 2 amide bonds. The number of piperidine rings is 1. The number of ether oxygens (including phenoxy) is 2. The quantitative estimate of drug-likeness (QED) is 0.490. The highest BCUT2D eigenvalue weighted by Gasteiger charge is 2.54. The number of nitrogens with one attached hydrogen (secondary N) is 1. The smallest absolute Gasteiger partial charge is 0.248 e. The first-order chi connectivity index (χ1) is 18.3. The van der Waals surface area contributed by atoms with Gasteiger partial charge >= 0.3 is 0 Å². The Morgan fingerprint density at radius 3 is 2.37 bits per heavy atom. The number of hydrogen-bond acceptors (Lipinski definition) is 6. The Balaban J connectivity index is 1.39. The van der Waals surface area contributed by atoms with Crippen molar-refractivity contribution in [3.8, 4) is 17.2 Å². The Bertz CT molecular complexity index is 1100. The van der Waals surface area contributed by atoms with Crippen molar-refractivity contribution >= 4 is 11.8 Å². The van der Waals surface area contributed by atoms with Gasteiger partial charge in [-0.25, -0.2) is 0 Å². The Kier molecular flexibility index (Phi) is 8.95. The lowest BCUT2D eigenvalue weighted by molar-refractivity contribution is -0.165. The number of amides is 2. The molecule has 4 rings (SSSR count). The first-order valence-electron chi connectivity index (χ1n) is 13.7. The van der Waals surface area contributed by atoms with Crippen molar-refractivity contribution in [2.24, 2.45) is 5.92 Å². The largest absolute Gasteiger partial charge is 0.497 e. The highest BCUT2D eigenvalue weighted by Crippen LogP contribution is 2.35. The first-order valence-corrected chi connectivity index (χ1v) is 13.7. The molecule has 2 aliphatic rings. The van der Waals surface area contributed by atoms with E-state index < -0.39 is 17.7 Å². The van der Waals surface area contributed by atoms with Crippen molar-refractivity contribution in [1.82, 2.24) is 15.1 Å². The highest BCUT2D eigenvalue weighted by atomic mass is 16.5. The number of carbonyl (C=O) groups is 2. The first kappa shape index (κ1) is 27.9. The van der Waals surface area contributed by atoms with E-state index in [9.17, 15) is 14.7 Å². The predicted octanol–water partition coefficient (Wildman–Crippen LogP) is 3.97. The summed E-state index contributed by atoms with van der Waals surface area (Å²) in [6, 6.07) is 14.7. The molecule has 38 heavy (non-hydrogen) atoms. The number of aliphatic hydroxyl groups is 1. The second kappa shape index (κ2) is 12.2. The fourth-order valence-corrected chi connectivity index (χ4v) is 5.40. The minimum Gasteiger partial charge on any atom is -0.497 e. The summed E-state index contributed by atoms with van der Waals surface area (Å²) in [5, 5.41) is 13.5. The van der Waals surface area contributed by atoms with Crippen molar-refractivity contribution in [2.45, 2.75) is 70.7 Å². The van der Waals surface area contributed by atoms with Crippen LogP contribution in [-0.2, 0) is 16.1 Å². The lowest BCUT2D eigenvalue weighted by atomic mass is 9.80. The topological polar surface area (TPSA) is 91.3 Å². The highest BCUT2D eigenvalue weighted by molar-refractivity contribution is 6.00. The maximum absolute atomic E-state index is 13.5. The zero-order chi connectivity index (χ0) is 27.3. The maximum Gasteiger partial charge on any atom is 0.248 e. The minimum atomic E-state index is -0.899. The molecular weight excluding hydrogens is 482 g/mol. The van der Waals surface area contributed by atoms with Crippen molar-refractivity contribution in [3.63, 3.8) is 0 Å². The van der Waals surface area contributed by atoms with E-state index in [1.54, 1.807) is 12.0 Å². The second-order valence-electron chi connectivity index (χ2n) is 10.8. The van der Waals surface area contributed by atoms with Gasteiger partial charge in [0.25, 0.3) is 0 Å². The minimum absolute atomic E-state index is 0.125. The van der Waals surface area contributed by atoms with Crippen LogP contribution in [0.3, 0.4) is 0 Å². The fraction of sp³-hybridized carbons (Fsp3) is 0.533. The van der Waals surface area contributed by atoms with Crippen LogP contribution in [0.5, 0.6) is 17.2 Å². The summed E-state index contributed by atoms with van der Waals surface area (Å²) < 4.78 is 11.2. The van der Waals surface area contributed by atoms with Gasteiger partial charge in [-0.3, -0.25) is 14.5 Å². The molecule has 2 heterocycles. The average Bonchev–Trinajstić information content (AvgIpc) is 2.92. The molecule has 2 N–H and O–H groups in total. The summed E-state index contributed by atoms with van der Waals surface area (Å²) >= 11 is 0. The number of hydrogen-bond donors (Lipinski definition) is 2. The molecular formula is C30H41N3O5. The SMILES string of the molecule is CCCCN1C(=O)[C@@H]([C@H](O)C(C)C)NC(=O)C12CCN(Cc1ccc(Oc3cccc(OC)c3)cc1)CC2. The van der Waals surface area contributed by atoms with E-state index in [1.807, 2.05) is 50.2 Å². The molecule has 206 valence electrons. The van der Waals surface area contributed by atoms with Gasteiger partial charge in [0, 0.05) is 32.2 Å². The van der Waals surface area contributed by atoms with Crippen LogP contribution in [0.2, 0.25) is 0 Å². The van der Waals surface area contributed by atoms with Crippen LogP contribution in [0.15, 0.2) is 48.5 Å². The predicted molar refractivity (Wildman–Crippen MR) is 146 cm³/mol. The third-order valence-electron chi connectivity index (χ3n) is 7.81. The molecule has 2 atom stereocenters. The number of nitrogens with zero attached hydrogens (tertiary/aromatic N) is 2. The average molecular weight is 524 g/mol. The van der Waals surface area contributed by atoms with E-state index in [1.165, 1.54) is 0 Å². The maximum atomic E-state index is 13.5. The Labute approximate surface area is 225 Å². The number of methoxy groups -OCH3 is 1. The lowest BCUT2D eigenvalue weighted by Crippen LogP contribution is -2.74. The van der Waals surface area contributed by atoms with E-state index in [2.05, 4.69) is 29.3 Å². The van der Waals surface area contributed by atoms with Gasteiger partial charge < -0.3 is 24.8 Å². The Morgan fingerprint density at radius 2 is 1.74 bits per heavy atom. The van der Waals surface area contributed by atoms with Gasteiger partial charge in [0.2, 0.25) is 11.8 Å². The Hall–Kier alpha value is -3.10. The molecule has 0 unspecified atom stereocenters. The molecule has 0 saturated carbocycles. The Morgan fingerprint density at radius 1 is 1.05 bits per heavy atom. The van der Waals surface area contributed by atoms with Gasteiger partial charge in [-0.2, -0.15) is 0 Å². The normalized spacial score (nSPS) is 20.5. The molecule has 8 nitrogen and oxygen atoms in total. The van der Waals surface area contributed by atoms with Crippen LogP contribution in [0.1, 0.15) is 52.0 Å². The third kappa shape index (κ3) is 5.97. The molecule has 2 aromatic rings. The fourth-order valence-electron chi connectivity index (χ4n) is 5.40. The summed E-state index contributed by atoms with van der Waals surface area (Å²) in [6.07, 6.45) is 2.02. The number of rotatable bonds is 10. The van der Waals surface area contributed by atoms with Crippen LogP contribution < -0.4 is 14.8 Å². The van der Waals surface area contributed by atoms with E-state index in [-0.39, 0.29) is 17.7 Å². The van der Waals surface area contributed by atoms with Crippen molar-refractivity contribution in [2.75, 3.05) is 26.7 Å². The molecule has 0 aromatic heterocycles. The van der Waals surface area contributed by atoms with E-state index in [0.29, 0.717) is 32.5 Å². The monoisotopic (exact) mass is 523 g/mol. The van der Waals surface area contributed by atoms with Crippen LogP contribution >= 0.6 is 0 Å². The summed E-state index contributed by atoms with van der Waals surface area (Å²) in [4.78, 5) is 31.1. The van der Waals surface area contributed by atoms with Crippen molar-refractivity contribution < 1.29 is 24.2 Å². The van der Waals surface area contributed by atoms with E-state index >= 15 is 0 Å². The van der Waals surface area contributed by atoms with Gasteiger partial charge in [0.05, 0.1) is 13.2 Å². The standard InChI is InChI=1S/C30H41N3O5/c1-5-6-16-33-28(35)26(27(34)21(2)3)31-29(36)30(33)14-17-32(18-15-30)20-22-10-12-23(13-11-22)38-25-9-7-8-24(19-25)37-4/h7-13,19,21,26-27,34H,5-6,14-18,20H2,1-4H3,(H,31,36)/t26-,27-/m1/s1. The zero-order valence-electron chi connectivity index (χ0n) is 23.0. The van der Waals surface area contributed by atoms with Crippen LogP contribution in [-0.4, -0.2) is 71.1 Å². The van der Waals surface area contributed by atoms with Gasteiger partial charge in [-0.1, -0.05) is 45.4 Å². The molecule has 8 heteroatoms. The zero-order valence-corrected chi connectivity index (χ0v) is 23.0. The molecule has 2 fully saturated rings. The molecule has 0 aliphatic carbocycles. The molecule has 2 aliphatic heterocycles. The van der Waals surface area contributed by atoms with Crippen LogP contribution in [0.25, 0.3) is 0 Å². The van der Waals surface area contributed by atoms with Crippen molar-refractivity contribution in [1.29, 1.82) is 0 Å². The molecule has 0 bridgehead atoms. The van der Waals surface area contributed by atoms with E-state index in [4.69, 9.17) is 9.47 Å². The molecule has 1 spiro atoms. The van der Waals surface area contributed by atoms with Gasteiger partial charge in [0.15, 0.2) is 0 Å². The third-order valence-corrected chi connectivity index (χ3v) is 7.81. The summed E-state index contributed by atoms with van der Waals surface area (Å²) in [7, 11) is 1.63. The number of benzene rings is 2. The summed E-state index contributed by atoms with van der Waals surface area (Å²) in [5.74, 6) is 1.81. The number of aliphatic hydroxyl groups excluding tert-OH is 1. The summed E-state index contributed by atoms with van der Waals surface area (Å²) in [5.41, 5.74) is 0.316. The van der Waals surface area contributed by atoms with Crippen LogP contribution in [0, 0.1) is 5.92 Å². The molecule has 2 saturated heterocycles. The van der Waals surface area contributed by atoms with Gasteiger partial charge in [-0.05, 0) is 55.0 Å². The number of piperazine rings is 1. The van der Waals surface area contributed by atoms with Crippen molar-refractivity contribution in [3.05, 3.63) is 54.1 Å². The summed E-state index contributed by atoms with van der Waals surface area (Å²) in [6.45, 7) is 8.53. The molecule has 2 aromatic carbocycles. The number of likely N-dealkylation sites (tertiary alicyclic amines) is 1. The second-order valence-corrected chi connectivity index (χ2v) is 10.8. The van der Waals surface area contributed by atoms with Crippen LogP contribution in [0.4, 0.5) is 0 Å². The number of carbonyl (C=O) groups excluding carboxylic acids is 2. The lowest BCUT2D eigenvalue weighted by Gasteiger charge is -2.52. The molecule has 0 radical (unpaired) electrons. The van der Waals surface area contributed by atoms with E-state index in [0.717, 1.165) is 42.2 Å².